The van der Waals surface area contributed by atoms with E-state index >= 15 is 0 Å². The van der Waals surface area contributed by atoms with Gasteiger partial charge in [-0.1, -0.05) is 24.3 Å². The largest absolute Gasteiger partial charge is 0.476 e. The van der Waals surface area contributed by atoms with Crippen molar-refractivity contribution in [2.24, 2.45) is 0 Å². The number of hydrogen-bond acceptors (Lipinski definition) is 7. The van der Waals surface area contributed by atoms with Gasteiger partial charge in [0.2, 0.25) is 0 Å². The lowest BCUT2D eigenvalue weighted by molar-refractivity contribution is -0.136. The molecule has 0 aromatic heterocycles. The molecule has 4 amide bonds. The summed E-state index contributed by atoms with van der Waals surface area (Å²) in [6, 6.07) is 11.4. The Morgan fingerprint density at radius 3 is 2.17 bits per heavy atom. The molecule has 0 aliphatic carbocycles. The van der Waals surface area contributed by atoms with Gasteiger partial charge in [0, 0.05) is 20.4 Å². The molecule has 2 aromatic rings. The van der Waals surface area contributed by atoms with Crippen molar-refractivity contribution in [1.82, 2.24) is 9.80 Å². The van der Waals surface area contributed by atoms with Crippen LogP contribution in [0.15, 0.2) is 48.5 Å². The van der Waals surface area contributed by atoms with Crippen molar-refractivity contribution in [3.05, 3.63) is 59.7 Å². The van der Waals surface area contributed by atoms with Crippen LogP contribution in [0.4, 0.5) is 5.69 Å². The van der Waals surface area contributed by atoms with E-state index in [0.29, 0.717) is 5.69 Å². The first kappa shape index (κ1) is 24.4. The number of anilines is 1. The fourth-order valence-corrected chi connectivity index (χ4v) is 4.87. The minimum atomic E-state index is -3.52. The van der Waals surface area contributed by atoms with Gasteiger partial charge in [0.05, 0.1) is 29.1 Å². The van der Waals surface area contributed by atoms with Gasteiger partial charge in [-0.15, -0.1) is 0 Å². The Labute approximate surface area is 203 Å². The molecule has 4 rings (SSSR count). The summed E-state index contributed by atoms with van der Waals surface area (Å²) in [4.78, 5) is 56.4. The first-order valence-electron chi connectivity index (χ1n) is 10.9. The molecule has 0 saturated carbocycles. The number of sulfone groups is 1. The summed E-state index contributed by atoms with van der Waals surface area (Å²) in [5.41, 5.74) is 0.664. The Bertz CT molecular complexity index is 1290. The Kier molecular flexibility index (Phi) is 6.37. The normalized spacial score (nSPS) is 18.0. The maximum absolute atomic E-state index is 13.9. The van der Waals surface area contributed by atoms with E-state index < -0.39 is 45.5 Å². The summed E-state index contributed by atoms with van der Waals surface area (Å²) < 4.78 is 29.7. The van der Waals surface area contributed by atoms with Gasteiger partial charge in [-0.3, -0.25) is 24.1 Å². The van der Waals surface area contributed by atoms with E-state index in [1.807, 2.05) is 0 Å². The molecule has 0 bridgehead atoms. The van der Waals surface area contributed by atoms with Crippen molar-refractivity contribution >= 4 is 39.2 Å². The predicted molar refractivity (Wildman–Crippen MR) is 127 cm³/mol. The molecule has 35 heavy (non-hydrogen) atoms. The lowest BCUT2D eigenvalue weighted by Gasteiger charge is -2.38. The SMILES string of the molecule is CN(C)C(=O)[C@@H]1CN(C(=O)[C@H](CCS(C)(=O)=O)N2C(=O)c3ccccc3C2=O)c2ccccc2O1. The van der Waals surface area contributed by atoms with Crippen molar-refractivity contribution in [2.45, 2.75) is 18.6 Å². The summed E-state index contributed by atoms with van der Waals surface area (Å²) in [5, 5.41) is 0. The lowest BCUT2D eigenvalue weighted by atomic mass is 10.1. The van der Waals surface area contributed by atoms with E-state index in [1.54, 1.807) is 50.5 Å². The molecule has 11 heteroatoms. The zero-order valence-electron chi connectivity index (χ0n) is 19.5. The topological polar surface area (TPSA) is 121 Å². The Balaban J connectivity index is 1.75. The lowest BCUT2D eigenvalue weighted by Crippen LogP contribution is -2.56. The van der Waals surface area contributed by atoms with Crippen molar-refractivity contribution in [2.75, 3.05) is 37.5 Å². The fraction of sp³-hybridized carbons (Fsp3) is 0.333. The number of nitrogens with zero attached hydrogens (tertiary/aromatic N) is 3. The standard InChI is InChI=1S/C24H25N3O7S/c1-25(2)24(31)20-14-26(17-10-6-7-11-19(17)34-20)23(30)18(12-13-35(3,32)33)27-21(28)15-8-4-5-9-16(15)22(27)29/h4-11,18,20H,12-14H2,1-3H3/t18-,20-/m0/s1. The number of para-hydroxylation sites is 2. The molecule has 2 aliphatic rings. The molecule has 0 fully saturated rings. The van der Waals surface area contributed by atoms with Gasteiger partial charge in [0.25, 0.3) is 23.6 Å². The number of carbonyl (C=O) groups excluding carboxylic acids is 4. The van der Waals surface area contributed by atoms with Gasteiger partial charge >= 0.3 is 0 Å². The summed E-state index contributed by atoms with van der Waals surface area (Å²) >= 11 is 0. The van der Waals surface area contributed by atoms with Crippen LogP contribution in [0.2, 0.25) is 0 Å². The second-order valence-electron chi connectivity index (χ2n) is 8.72. The average molecular weight is 500 g/mol. The van der Waals surface area contributed by atoms with Gasteiger partial charge in [-0.25, -0.2) is 8.42 Å². The molecule has 2 aromatic carbocycles. The number of carbonyl (C=O) groups is 4. The number of likely N-dealkylation sites (N-methyl/N-ethyl adjacent to an activating group) is 1. The number of imide groups is 1. The Morgan fingerprint density at radius 2 is 1.60 bits per heavy atom. The van der Waals surface area contributed by atoms with E-state index in [-0.39, 0.29) is 35.7 Å². The van der Waals surface area contributed by atoms with Gasteiger partial charge in [-0.05, 0) is 30.7 Å². The predicted octanol–water partition coefficient (Wildman–Crippen LogP) is 0.968. The molecule has 2 aliphatic heterocycles. The zero-order valence-corrected chi connectivity index (χ0v) is 20.3. The molecule has 0 saturated heterocycles. The molecule has 0 radical (unpaired) electrons. The molecule has 2 heterocycles. The highest BCUT2D eigenvalue weighted by Gasteiger charge is 2.46. The van der Waals surface area contributed by atoms with E-state index in [4.69, 9.17) is 4.74 Å². The molecule has 10 nitrogen and oxygen atoms in total. The molecule has 0 spiro atoms. The first-order valence-corrected chi connectivity index (χ1v) is 13.0. The highest BCUT2D eigenvalue weighted by Crippen LogP contribution is 2.35. The minimum absolute atomic E-state index is 0.151. The Hall–Kier alpha value is -3.73. The van der Waals surface area contributed by atoms with Crippen LogP contribution >= 0.6 is 0 Å². The second kappa shape index (κ2) is 9.14. The number of ether oxygens (including phenoxy) is 1. The van der Waals surface area contributed by atoms with Crippen LogP contribution in [0.5, 0.6) is 5.75 Å². The molecule has 2 atom stereocenters. The number of amides is 4. The molecule has 0 unspecified atom stereocenters. The van der Waals surface area contributed by atoms with Crippen molar-refractivity contribution in [1.29, 1.82) is 0 Å². The number of fused-ring (bicyclic) bond motifs is 2. The van der Waals surface area contributed by atoms with E-state index in [2.05, 4.69) is 0 Å². The van der Waals surface area contributed by atoms with Crippen LogP contribution in [0, 0.1) is 0 Å². The third-order valence-electron chi connectivity index (χ3n) is 5.94. The summed E-state index contributed by atoms with van der Waals surface area (Å²) in [6.45, 7) is -0.161. The maximum atomic E-state index is 13.9. The number of hydrogen-bond donors (Lipinski definition) is 0. The third kappa shape index (κ3) is 4.63. The van der Waals surface area contributed by atoms with Crippen molar-refractivity contribution in [3.8, 4) is 5.75 Å². The van der Waals surface area contributed by atoms with Gasteiger partial charge in [-0.2, -0.15) is 0 Å². The highest BCUT2D eigenvalue weighted by molar-refractivity contribution is 7.90. The zero-order chi connectivity index (χ0) is 25.5. The third-order valence-corrected chi connectivity index (χ3v) is 6.92. The first-order chi connectivity index (χ1) is 16.5. The van der Waals surface area contributed by atoms with E-state index in [1.165, 1.54) is 21.9 Å². The summed E-state index contributed by atoms with van der Waals surface area (Å²) in [7, 11) is -0.394. The van der Waals surface area contributed by atoms with Crippen LogP contribution in [0.25, 0.3) is 0 Å². The van der Waals surface area contributed by atoms with Gasteiger partial charge in [0.15, 0.2) is 6.10 Å². The molecular weight excluding hydrogens is 474 g/mol. The molecule has 0 N–H and O–H groups in total. The van der Waals surface area contributed by atoms with E-state index in [9.17, 15) is 27.6 Å². The minimum Gasteiger partial charge on any atom is -0.476 e. The average Bonchev–Trinajstić information content (AvgIpc) is 3.07. The van der Waals surface area contributed by atoms with Crippen LogP contribution < -0.4 is 9.64 Å². The Morgan fingerprint density at radius 1 is 1.03 bits per heavy atom. The summed E-state index contributed by atoms with van der Waals surface area (Å²) in [5.74, 6) is -2.50. The number of benzene rings is 2. The monoisotopic (exact) mass is 499 g/mol. The second-order valence-corrected chi connectivity index (χ2v) is 11.0. The quantitative estimate of drug-likeness (QED) is 0.543. The van der Waals surface area contributed by atoms with Crippen LogP contribution in [0.3, 0.4) is 0 Å². The highest BCUT2D eigenvalue weighted by atomic mass is 32.2. The summed E-state index contributed by atoms with van der Waals surface area (Å²) in [6.07, 6.45) is -0.275. The van der Waals surface area contributed by atoms with Crippen LogP contribution in [-0.4, -0.2) is 86.6 Å². The van der Waals surface area contributed by atoms with E-state index in [0.717, 1.165) is 11.2 Å². The van der Waals surface area contributed by atoms with Gasteiger partial charge < -0.3 is 14.5 Å². The number of rotatable bonds is 6. The van der Waals surface area contributed by atoms with Gasteiger partial charge in [0.1, 0.15) is 21.6 Å². The fourth-order valence-electron chi connectivity index (χ4n) is 4.22. The molecular formula is C24H25N3O7S. The van der Waals surface area contributed by atoms with Crippen LogP contribution in [0.1, 0.15) is 27.1 Å². The van der Waals surface area contributed by atoms with Crippen molar-refractivity contribution < 1.29 is 32.3 Å². The molecule has 184 valence electrons. The maximum Gasteiger partial charge on any atom is 0.265 e. The smallest absolute Gasteiger partial charge is 0.265 e. The van der Waals surface area contributed by atoms with Crippen molar-refractivity contribution in [3.63, 3.8) is 0 Å². The van der Waals surface area contributed by atoms with Crippen LogP contribution in [-0.2, 0) is 19.4 Å².